The molecule has 142 valence electrons. The summed E-state index contributed by atoms with van der Waals surface area (Å²) in [7, 11) is 0. The summed E-state index contributed by atoms with van der Waals surface area (Å²) in [5, 5.41) is 0. The molecule has 2 aromatic rings. The fraction of sp³-hybridized carbons (Fsp3) is 0.409. The Bertz CT molecular complexity index is 823. The summed E-state index contributed by atoms with van der Waals surface area (Å²) in [6.07, 6.45) is 0.467. The van der Waals surface area contributed by atoms with Crippen LogP contribution in [0.1, 0.15) is 17.5 Å². The molecule has 1 amide bonds. The minimum atomic E-state index is -0.290. The first-order valence-electron chi connectivity index (χ1n) is 9.45. The quantitative estimate of drug-likeness (QED) is 0.833. The van der Waals surface area contributed by atoms with E-state index in [4.69, 9.17) is 4.74 Å². The Labute approximate surface area is 159 Å². The predicted molar refractivity (Wildman–Crippen MR) is 103 cm³/mol. The van der Waals surface area contributed by atoms with Crippen molar-refractivity contribution in [2.24, 2.45) is 5.41 Å². The van der Waals surface area contributed by atoms with Crippen LogP contribution in [0.3, 0.4) is 0 Å². The summed E-state index contributed by atoms with van der Waals surface area (Å²) in [6.45, 7) is 6.56. The summed E-state index contributed by atoms with van der Waals surface area (Å²) < 4.78 is 19.1. The largest absolute Gasteiger partial charge is 0.379 e. The van der Waals surface area contributed by atoms with Crippen LogP contribution in [0, 0.1) is 18.2 Å². The van der Waals surface area contributed by atoms with Gasteiger partial charge in [-0.15, -0.1) is 0 Å². The van der Waals surface area contributed by atoms with Crippen LogP contribution in [0.2, 0.25) is 0 Å². The van der Waals surface area contributed by atoms with E-state index in [9.17, 15) is 9.18 Å². The monoisotopic (exact) mass is 368 g/mol. The first kappa shape index (κ1) is 18.1. The maximum atomic E-state index is 13.2. The van der Waals surface area contributed by atoms with Gasteiger partial charge in [0.05, 0.1) is 13.2 Å². The second-order valence-corrected chi connectivity index (χ2v) is 7.82. The van der Waals surface area contributed by atoms with Gasteiger partial charge in [0.2, 0.25) is 5.91 Å². The number of hydrogen-bond acceptors (Lipinski definition) is 3. The van der Waals surface area contributed by atoms with Gasteiger partial charge in [-0.05, 0) is 42.3 Å². The number of amides is 1. The van der Waals surface area contributed by atoms with Gasteiger partial charge in [0, 0.05) is 43.7 Å². The van der Waals surface area contributed by atoms with Crippen LogP contribution < -0.4 is 4.90 Å². The normalized spacial score (nSPS) is 23.8. The van der Waals surface area contributed by atoms with E-state index in [2.05, 4.69) is 36.1 Å². The van der Waals surface area contributed by atoms with Gasteiger partial charge >= 0.3 is 0 Å². The lowest BCUT2D eigenvalue weighted by Crippen LogP contribution is -2.40. The lowest BCUT2D eigenvalue weighted by molar-refractivity contribution is -0.118. The molecule has 0 radical (unpaired) electrons. The molecule has 0 aromatic heterocycles. The standard InChI is InChI=1S/C22H25FN2O2/c1-17-4-2-3-5-18(17)13-24-10-11-27-16-22(14-24)12-21(26)25(15-22)20-8-6-19(23)7-9-20/h2-9H,10-16H2,1H3/t22-/m0/s1. The van der Waals surface area contributed by atoms with Gasteiger partial charge in [0.25, 0.3) is 0 Å². The second kappa shape index (κ2) is 7.41. The molecular formula is C22H25FN2O2. The van der Waals surface area contributed by atoms with Gasteiger partial charge in [0.15, 0.2) is 0 Å². The molecule has 0 bridgehead atoms. The minimum absolute atomic E-state index is 0.0861. The number of carbonyl (C=O) groups excluding carboxylic acids is 1. The first-order valence-corrected chi connectivity index (χ1v) is 9.45. The molecular weight excluding hydrogens is 343 g/mol. The predicted octanol–water partition coefficient (Wildman–Crippen LogP) is 3.39. The fourth-order valence-corrected chi connectivity index (χ4v) is 4.20. The lowest BCUT2D eigenvalue weighted by Gasteiger charge is -2.31. The van der Waals surface area contributed by atoms with Crippen molar-refractivity contribution >= 4 is 11.6 Å². The Kier molecular flexibility index (Phi) is 4.98. The van der Waals surface area contributed by atoms with Gasteiger partial charge < -0.3 is 9.64 Å². The van der Waals surface area contributed by atoms with Crippen LogP contribution in [-0.4, -0.2) is 43.7 Å². The molecule has 1 atom stereocenters. The minimum Gasteiger partial charge on any atom is -0.379 e. The van der Waals surface area contributed by atoms with Crippen LogP contribution in [0.15, 0.2) is 48.5 Å². The van der Waals surface area contributed by atoms with Crippen molar-refractivity contribution in [1.82, 2.24) is 4.90 Å². The van der Waals surface area contributed by atoms with Crippen molar-refractivity contribution < 1.29 is 13.9 Å². The Morgan fingerprint density at radius 1 is 1.11 bits per heavy atom. The molecule has 2 heterocycles. The van der Waals surface area contributed by atoms with Gasteiger partial charge in [0.1, 0.15) is 5.82 Å². The van der Waals surface area contributed by atoms with Crippen molar-refractivity contribution in [3.05, 3.63) is 65.5 Å². The third-order valence-electron chi connectivity index (χ3n) is 5.63. The number of anilines is 1. The average Bonchev–Trinajstić information content (AvgIpc) is 2.84. The molecule has 0 N–H and O–H groups in total. The van der Waals surface area contributed by atoms with Crippen molar-refractivity contribution in [3.63, 3.8) is 0 Å². The molecule has 0 unspecified atom stereocenters. The Balaban J connectivity index is 1.52. The summed E-state index contributed by atoms with van der Waals surface area (Å²) in [4.78, 5) is 16.9. The summed E-state index contributed by atoms with van der Waals surface area (Å²) in [5.41, 5.74) is 3.14. The summed E-state index contributed by atoms with van der Waals surface area (Å²) >= 11 is 0. The van der Waals surface area contributed by atoms with E-state index in [1.54, 1.807) is 17.0 Å². The Morgan fingerprint density at radius 3 is 2.67 bits per heavy atom. The molecule has 0 aliphatic carbocycles. The number of nitrogens with zero attached hydrogens (tertiary/aromatic N) is 2. The zero-order valence-electron chi connectivity index (χ0n) is 15.7. The van der Waals surface area contributed by atoms with Crippen LogP contribution >= 0.6 is 0 Å². The van der Waals surface area contributed by atoms with E-state index in [1.807, 2.05) is 0 Å². The molecule has 2 aliphatic rings. The summed E-state index contributed by atoms with van der Waals surface area (Å²) in [5.74, 6) is -0.203. The highest BCUT2D eigenvalue weighted by molar-refractivity contribution is 5.96. The molecule has 0 saturated carbocycles. The van der Waals surface area contributed by atoms with Crippen molar-refractivity contribution in [3.8, 4) is 0 Å². The van der Waals surface area contributed by atoms with Gasteiger partial charge in [-0.25, -0.2) is 4.39 Å². The first-order chi connectivity index (χ1) is 13.0. The molecule has 2 aromatic carbocycles. The van der Waals surface area contributed by atoms with Gasteiger partial charge in [-0.2, -0.15) is 0 Å². The topological polar surface area (TPSA) is 32.8 Å². The molecule has 2 fully saturated rings. The van der Waals surface area contributed by atoms with Crippen LogP contribution in [0.5, 0.6) is 0 Å². The number of ether oxygens (including phenoxy) is 1. The highest BCUT2D eigenvalue weighted by atomic mass is 19.1. The van der Waals surface area contributed by atoms with E-state index in [0.29, 0.717) is 26.2 Å². The van der Waals surface area contributed by atoms with Crippen molar-refractivity contribution in [2.75, 3.05) is 37.7 Å². The van der Waals surface area contributed by atoms with Crippen molar-refractivity contribution in [2.45, 2.75) is 19.9 Å². The molecule has 2 saturated heterocycles. The van der Waals surface area contributed by atoms with Crippen molar-refractivity contribution in [1.29, 1.82) is 0 Å². The smallest absolute Gasteiger partial charge is 0.227 e. The maximum absolute atomic E-state index is 13.2. The molecule has 2 aliphatic heterocycles. The van der Waals surface area contributed by atoms with E-state index in [1.165, 1.54) is 23.3 Å². The second-order valence-electron chi connectivity index (χ2n) is 7.82. The van der Waals surface area contributed by atoms with Crippen LogP contribution in [0.4, 0.5) is 10.1 Å². The van der Waals surface area contributed by atoms with E-state index >= 15 is 0 Å². The number of carbonyl (C=O) groups is 1. The fourth-order valence-electron chi connectivity index (χ4n) is 4.20. The van der Waals surface area contributed by atoms with Gasteiger partial charge in [-0.3, -0.25) is 9.69 Å². The molecule has 5 heteroatoms. The van der Waals surface area contributed by atoms with Gasteiger partial charge in [-0.1, -0.05) is 24.3 Å². The molecule has 4 nitrogen and oxygen atoms in total. The number of benzene rings is 2. The van der Waals surface area contributed by atoms with E-state index in [-0.39, 0.29) is 17.1 Å². The zero-order valence-corrected chi connectivity index (χ0v) is 15.7. The third-order valence-corrected chi connectivity index (χ3v) is 5.63. The Morgan fingerprint density at radius 2 is 1.89 bits per heavy atom. The summed E-state index contributed by atoms with van der Waals surface area (Å²) in [6, 6.07) is 14.6. The molecule has 27 heavy (non-hydrogen) atoms. The number of hydrogen-bond donors (Lipinski definition) is 0. The van der Waals surface area contributed by atoms with E-state index < -0.39 is 0 Å². The van der Waals surface area contributed by atoms with E-state index in [0.717, 1.165) is 25.3 Å². The molecule has 1 spiro atoms. The Hall–Kier alpha value is -2.24. The number of halogens is 1. The highest BCUT2D eigenvalue weighted by Crippen LogP contribution is 2.37. The third kappa shape index (κ3) is 3.89. The highest BCUT2D eigenvalue weighted by Gasteiger charge is 2.46. The van der Waals surface area contributed by atoms with Crippen LogP contribution in [0.25, 0.3) is 0 Å². The lowest BCUT2D eigenvalue weighted by atomic mass is 9.87. The number of aryl methyl sites for hydroxylation is 1. The number of rotatable bonds is 3. The maximum Gasteiger partial charge on any atom is 0.227 e. The SMILES string of the molecule is Cc1ccccc1CN1CCOC[C@@]2(CC(=O)N(c3ccc(F)cc3)C2)C1. The van der Waals surface area contributed by atoms with Crippen LogP contribution in [-0.2, 0) is 16.1 Å². The molecule has 4 rings (SSSR count). The zero-order chi connectivity index (χ0) is 18.9. The average molecular weight is 368 g/mol.